The van der Waals surface area contributed by atoms with E-state index >= 15 is 0 Å². The molecule has 0 bridgehead atoms. The average Bonchev–Trinajstić information content (AvgIpc) is 2.59. The monoisotopic (exact) mass is 389 g/mol. The SMILES string of the molecule is COc1ccc(OC)c([C@H](C)NC(=O)/C=C/c2cccc(Br)c2)c1. The zero-order chi connectivity index (χ0) is 17.5. The van der Waals surface area contributed by atoms with Crippen LogP contribution in [0.1, 0.15) is 24.1 Å². The topological polar surface area (TPSA) is 47.6 Å². The maximum atomic E-state index is 12.2. The van der Waals surface area contributed by atoms with Crippen LogP contribution < -0.4 is 14.8 Å². The number of hydrogen-bond donors (Lipinski definition) is 1. The van der Waals surface area contributed by atoms with Gasteiger partial charge in [-0.25, -0.2) is 0 Å². The molecule has 5 heteroatoms. The van der Waals surface area contributed by atoms with Crippen molar-refractivity contribution in [2.75, 3.05) is 14.2 Å². The summed E-state index contributed by atoms with van der Waals surface area (Å²) in [7, 11) is 3.21. The van der Waals surface area contributed by atoms with Crippen molar-refractivity contribution in [3.63, 3.8) is 0 Å². The average molecular weight is 390 g/mol. The zero-order valence-corrected chi connectivity index (χ0v) is 15.5. The molecule has 0 radical (unpaired) electrons. The van der Waals surface area contributed by atoms with Crippen molar-refractivity contribution in [1.29, 1.82) is 0 Å². The number of amides is 1. The second-order valence-corrected chi connectivity index (χ2v) is 6.14. The Morgan fingerprint density at radius 1 is 1.17 bits per heavy atom. The standard InChI is InChI=1S/C19H20BrNO3/c1-13(17-12-16(23-2)8-9-18(17)24-3)21-19(22)10-7-14-5-4-6-15(20)11-14/h4-13H,1-3H3,(H,21,22)/b10-7+/t13-/m0/s1. The first-order valence-electron chi connectivity index (χ1n) is 7.49. The molecule has 1 N–H and O–H groups in total. The van der Waals surface area contributed by atoms with Crippen LogP contribution in [0.15, 0.2) is 53.0 Å². The highest BCUT2D eigenvalue weighted by molar-refractivity contribution is 9.10. The third-order valence-corrected chi connectivity index (χ3v) is 4.03. The van der Waals surface area contributed by atoms with E-state index in [-0.39, 0.29) is 11.9 Å². The molecule has 0 heterocycles. The van der Waals surface area contributed by atoms with E-state index in [2.05, 4.69) is 21.2 Å². The summed E-state index contributed by atoms with van der Waals surface area (Å²) < 4.78 is 11.6. The number of ether oxygens (including phenoxy) is 2. The Hall–Kier alpha value is -2.27. The third-order valence-electron chi connectivity index (χ3n) is 3.54. The fourth-order valence-corrected chi connectivity index (χ4v) is 2.72. The minimum Gasteiger partial charge on any atom is -0.497 e. The predicted molar refractivity (Wildman–Crippen MR) is 99.3 cm³/mol. The number of methoxy groups -OCH3 is 2. The van der Waals surface area contributed by atoms with Crippen molar-refractivity contribution < 1.29 is 14.3 Å². The molecule has 2 rings (SSSR count). The lowest BCUT2D eigenvalue weighted by Gasteiger charge is -2.17. The quantitative estimate of drug-likeness (QED) is 0.746. The summed E-state index contributed by atoms with van der Waals surface area (Å²) in [5.74, 6) is 1.25. The molecule has 0 aliphatic heterocycles. The van der Waals surface area contributed by atoms with Gasteiger partial charge in [-0.05, 0) is 48.9 Å². The molecule has 1 atom stereocenters. The lowest BCUT2D eigenvalue weighted by atomic mass is 10.1. The van der Waals surface area contributed by atoms with Gasteiger partial charge in [-0.1, -0.05) is 28.1 Å². The van der Waals surface area contributed by atoms with Gasteiger partial charge in [0, 0.05) is 16.1 Å². The van der Waals surface area contributed by atoms with Crippen LogP contribution in [0.5, 0.6) is 11.5 Å². The largest absolute Gasteiger partial charge is 0.497 e. The van der Waals surface area contributed by atoms with Gasteiger partial charge in [0.2, 0.25) is 5.91 Å². The molecule has 0 aliphatic rings. The molecule has 24 heavy (non-hydrogen) atoms. The molecule has 0 unspecified atom stereocenters. The molecular formula is C19H20BrNO3. The van der Waals surface area contributed by atoms with Crippen LogP contribution in [0.4, 0.5) is 0 Å². The van der Waals surface area contributed by atoms with E-state index in [9.17, 15) is 4.79 Å². The molecule has 0 fully saturated rings. The number of nitrogens with one attached hydrogen (secondary N) is 1. The summed E-state index contributed by atoms with van der Waals surface area (Å²) >= 11 is 3.41. The highest BCUT2D eigenvalue weighted by atomic mass is 79.9. The maximum absolute atomic E-state index is 12.2. The van der Waals surface area contributed by atoms with Gasteiger partial charge in [-0.3, -0.25) is 4.79 Å². The molecule has 0 aromatic heterocycles. The van der Waals surface area contributed by atoms with Crippen molar-refractivity contribution in [3.05, 3.63) is 64.1 Å². The van der Waals surface area contributed by atoms with E-state index in [4.69, 9.17) is 9.47 Å². The fourth-order valence-electron chi connectivity index (χ4n) is 2.30. The van der Waals surface area contributed by atoms with E-state index in [0.29, 0.717) is 5.75 Å². The van der Waals surface area contributed by atoms with E-state index in [1.165, 1.54) is 6.08 Å². The highest BCUT2D eigenvalue weighted by Crippen LogP contribution is 2.29. The van der Waals surface area contributed by atoms with Crippen LogP contribution in [0.25, 0.3) is 6.08 Å². The Morgan fingerprint density at radius 2 is 1.96 bits per heavy atom. The Bertz CT molecular complexity index is 743. The fraction of sp³-hybridized carbons (Fsp3) is 0.211. The van der Waals surface area contributed by atoms with Crippen molar-refractivity contribution in [1.82, 2.24) is 5.32 Å². The molecule has 4 nitrogen and oxygen atoms in total. The molecule has 0 aliphatic carbocycles. The summed E-state index contributed by atoms with van der Waals surface area (Å²) in [5, 5.41) is 2.93. The number of carbonyl (C=O) groups excluding carboxylic acids is 1. The smallest absolute Gasteiger partial charge is 0.244 e. The van der Waals surface area contributed by atoms with E-state index < -0.39 is 0 Å². The Balaban J connectivity index is 2.08. The lowest BCUT2D eigenvalue weighted by molar-refractivity contribution is -0.117. The maximum Gasteiger partial charge on any atom is 0.244 e. The predicted octanol–water partition coefficient (Wildman–Crippen LogP) is 4.36. The van der Waals surface area contributed by atoms with Gasteiger partial charge in [0.1, 0.15) is 11.5 Å². The number of halogens is 1. The van der Waals surface area contributed by atoms with E-state index in [0.717, 1.165) is 21.3 Å². The van der Waals surface area contributed by atoms with E-state index in [1.807, 2.05) is 49.4 Å². The summed E-state index contributed by atoms with van der Waals surface area (Å²) in [4.78, 5) is 12.2. The minimum atomic E-state index is -0.213. The first kappa shape index (κ1) is 18.1. The molecule has 126 valence electrons. The Labute approximate surface area is 150 Å². The second-order valence-electron chi connectivity index (χ2n) is 5.23. The van der Waals surface area contributed by atoms with Crippen molar-refractivity contribution in [2.45, 2.75) is 13.0 Å². The van der Waals surface area contributed by atoms with E-state index in [1.54, 1.807) is 20.3 Å². The van der Waals surface area contributed by atoms with Gasteiger partial charge < -0.3 is 14.8 Å². The molecule has 0 spiro atoms. The van der Waals surface area contributed by atoms with Gasteiger partial charge in [0.15, 0.2) is 0 Å². The number of benzene rings is 2. The molecular weight excluding hydrogens is 370 g/mol. The molecule has 1 amide bonds. The second kappa shape index (κ2) is 8.55. The first-order valence-corrected chi connectivity index (χ1v) is 8.29. The Morgan fingerprint density at radius 3 is 2.62 bits per heavy atom. The number of hydrogen-bond acceptors (Lipinski definition) is 3. The van der Waals surface area contributed by atoms with Crippen LogP contribution in [-0.2, 0) is 4.79 Å². The third kappa shape index (κ3) is 4.86. The molecule has 0 saturated heterocycles. The van der Waals surface area contributed by atoms with Crippen LogP contribution in [-0.4, -0.2) is 20.1 Å². The van der Waals surface area contributed by atoms with Crippen molar-refractivity contribution >= 4 is 27.9 Å². The summed E-state index contributed by atoms with van der Waals surface area (Å²) in [6.45, 7) is 1.90. The lowest BCUT2D eigenvalue weighted by Crippen LogP contribution is -2.25. The normalized spacial score (nSPS) is 12.0. The summed E-state index contributed by atoms with van der Waals surface area (Å²) in [5.41, 5.74) is 1.81. The zero-order valence-electron chi connectivity index (χ0n) is 13.9. The Kier molecular flexibility index (Phi) is 6.44. The van der Waals surface area contributed by atoms with Gasteiger partial charge in [0.25, 0.3) is 0 Å². The number of carbonyl (C=O) groups is 1. The van der Waals surface area contributed by atoms with Gasteiger partial charge in [0.05, 0.1) is 20.3 Å². The highest BCUT2D eigenvalue weighted by Gasteiger charge is 2.14. The van der Waals surface area contributed by atoms with Crippen LogP contribution >= 0.6 is 15.9 Å². The molecule has 2 aromatic rings. The van der Waals surface area contributed by atoms with Crippen LogP contribution in [0, 0.1) is 0 Å². The van der Waals surface area contributed by atoms with Crippen LogP contribution in [0.2, 0.25) is 0 Å². The van der Waals surface area contributed by atoms with Crippen LogP contribution in [0.3, 0.4) is 0 Å². The first-order chi connectivity index (χ1) is 11.5. The van der Waals surface area contributed by atoms with Crippen molar-refractivity contribution in [2.24, 2.45) is 0 Å². The minimum absolute atomic E-state index is 0.174. The van der Waals surface area contributed by atoms with Gasteiger partial charge in [-0.15, -0.1) is 0 Å². The van der Waals surface area contributed by atoms with Crippen molar-refractivity contribution in [3.8, 4) is 11.5 Å². The number of rotatable bonds is 6. The molecule has 0 saturated carbocycles. The van der Waals surface area contributed by atoms with Gasteiger partial charge >= 0.3 is 0 Å². The summed E-state index contributed by atoms with van der Waals surface area (Å²) in [6, 6.07) is 13.0. The molecule has 2 aromatic carbocycles. The van der Waals surface area contributed by atoms with Gasteiger partial charge in [-0.2, -0.15) is 0 Å². The summed E-state index contributed by atoms with van der Waals surface area (Å²) in [6.07, 6.45) is 3.29.